The standard InChI is InChI=1S/C21H23F2NO3/c1-2-26-16-5-3-15(4-6-16)13-21(25)24-11-9-17(10-12-24)27-18-7-8-19(22)20(23)14-18/h3-8,14,17H,2,9-13H2,1H3. The average molecular weight is 375 g/mol. The quantitative estimate of drug-likeness (QED) is 0.767. The fraction of sp³-hybridized carbons (Fsp3) is 0.381. The van der Waals surface area contributed by atoms with Crippen LogP contribution in [0, 0.1) is 11.6 Å². The van der Waals surface area contributed by atoms with Gasteiger partial charge in [-0.1, -0.05) is 12.1 Å². The molecule has 6 heteroatoms. The van der Waals surface area contributed by atoms with E-state index in [1.807, 2.05) is 36.1 Å². The fourth-order valence-corrected chi connectivity index (χ4v) is 3.12. The molecule has 27 heavy (non-hydrogen) atoms. The van der Waals surface area contributed by atoms with E-state index in [1.165, 1.54) is 6.07 Å². The van der Waals surface area contributed by atoms with Crippen LogP contribution >= 0.6 is 0 Å². The molecule has 0 radical (unpaired) electrons. The number of amides is 1. The number of likely N-dealkylation sites (tertiary alicyclic amines) is 1. The molecule has 0 saturated carbocycles. The summed E-state index contributed by atoms with van der Waals surface area (Å²) < 4.78 is 37.4. The molecule has 1 saturated heterocycles. The molecule has 0 atom stereocenters. The summed E-state index contributed by atoms with van der Waals surface area (Å²) in [5.74, 6) is -0.630. The molecule has 1 aliphatic rings. The third-order valence-electron chi connectivity index (χ3n) is 4.58. The van der Waals surface area contributed by atoms with Crippen LogP contribution in [0.1, 0.15) is 25.3 Å². The van der Waals surface area contributed by atoms with Crippen molar-refractivity contribution in [3.8, 4) is 11.5 Å². The number of halogens is 2. The van der Waals surface area contributed by atoms with Gasteiger partial charge in [0.1, 0.15) is 17.6 Å². The zero-order valence-corrected chi connectivity index (χ0v) is 15.3. The van der Waals surface area contributed by atoms with Gasteiger partial charge in [0, 0.05) is 32.0 Å². The lowest BCUT2D eigenvalue weighted by atomic mass is 10.1. The van der Waals surface area contributed by atoms with Gasteiger partial charge in [-0.15, -0.1) is 0 Å². The third kappa shape index (κ3) is 5.18. The molecule has 0 aliphatic carbocycles. The molecular weight excluding hydrogens is 352 g/mol. The molecule has 1 amide bonds. The van der Waals surface area contributed by atoms with Crippen LogP contribution in [0.25, 0.3) is 0 Å². The van der Waals surface area contributed by atoms with Crippen molar-refractivity contribution in [1.82, 2.24) is 4.90 Å². The van der Waals surface area contributed by atoms with E-state index in [1.54, 1.807) is 0 Å². The summed E-state index contributed by atoms with van der Waals surface area (Å²) in [7, 11) is 0. The molecule has 1 aliphatic heterocycles. The van der Waals surface area contributed by atoms with Gasteiger partial charge >= 0.3 is 0 Å². The van der Waals surface area contributed by atoms with E-state index in [2.05, 4.69) is 0 Å². The topological polar surface area (TPSA) is 38.8 Å². The summed E-state index contributed by atoms with van der Waals surface area (Å²) in [6, 6.07) is 11.1. The van der Waals surface area contributed by atoms with E-state index in [4.69, 9.17) is 9.47 Å². The van der Waals surface area contributed by atoms with Crippen molar-refractivity contribution in [3.63, 3.8) is 0 Å². The van der Waals surface area contributed by atoms with Crippen molar-refractivity contribution in [2.45, 2.75) is 32.3 Å². The van der Waals surface area contributed by atoms with Crippen molar-refractivity contribution in [2.24, 2.45) is 0 Å². The Kier molecular flexibility index (Phi) is 6.27. The molecule has 0 aromatic heterocycles. The molecule has 2 aromatic carbocycles. The van der Waals surface area contributed by atoms with Gasteiger partial charge in [-0.05, 0) is 36.8 Å². The first kappa shape index (κ1) is 19.1. The molecule has 0 bridgehead atoms. The predicted molar refractivity (Wildman–Crippen MR) is 97.9 cm³/mol. The van der Waals surface area contributed by atoms with E-state index >= 15 is 0 Å². The smallest absolute Gasteiger partial charge is 0.226 e. The van der Waals surface area contributed by atoms with Gasteiger partial charge in [-0.2, -0.15) is 0 Å². The maximum atomic E-state index is 13.3. The van der Waals surface area contributed by atoms with Crippen LogP contribution in [0.4, 0.5) is 8.78 Å². The number of carbonyl (C=O) groups excluding carboxylic acids is 1. The van der Waals surface area contributed by atoms with Gasteiger partial charge in [0.05, 0.1) is 13.0 Å². The SMILES string of the molecule is CCOc1ccc(CC(=O)N2CCC(Oc3ccc(F)c(F)c3)CC2)cc1. The van der Waals surface area contributed by atoms with Crippen LogP contribution in [0.2, 0.25) is 0 Å². The Labute approximate surface area is 157 Å². The highest BCUT2D eigenvalue weighted by Gasteiger charge is 2.24. The van der Waals surface area contributed by atoms with Crippen molar-refractivity contribution in [2.75, 3.05) is 19.7 Å². The third-order valence-corrected chi connectivity index (χ3v) is 4.58. The summed E-state index contributed by atoms with van der Waals surface area (Å²) in [6.07, 6.45) is 1.56. The number of hydrogen-bond donors (Lipinski definition) is 0. The van der Waals surface area contributed by atoms with Crippen LogP contribution in [-0.2, 0) is 11.2 Å². The molecule has 0 spiro atoms. The molecule has 1 fully saturated rings. The van der Waals surface area contributed by atoms with Gasteiger partial charge in [-0.25, -0.2) is 8.78 Å². The zero-order valence-electron chi connectivity index (χ0n) is 15.3. The number of hydrogen-bond acceptors (Lipinski definition) is 3. The molecule has 0 unspecified atom stereocenters. The Morgan fingerprint density at radius 2 is 1.70 bits per heavy atom. The number of rotatable bonds is 6. The van der Waals surface area contributed by atoms with Crippen LogP contribution in [0.15, 0.2) is 42.5 Å². The van der Waals surface area contributed by atoms with Gasteiger partial charge in [0.2, 0.25) is 5.91 Å². The Balaban J connectivity index is 1.47. The minimum atomic E-state index is -0.921. The molecular formula is C21H23F2NO3. The minimum Gasteiger partial charge on any atom is -0.494 e. The van der Waals surface area contributed by atoms with E-state index in [-0.39, 0.29) is 12.0 Å². The van der Waals surface area contributed by atoms with Crippen molar-refractivity contribution in [1.29, 1.82) is 0 Å². The first-order chi connectivity index (χ1) is 13.0. The van der Waals surface area contributed by atoms with Crippen LogP contribution < -0.4 is 9.47 Å². The fourth-order valence-electron chi connectivity index (χ4n) is 3.12. The largest absolute Gasteiger partial charge is 0.494 e. The van der Waals surface area contributed by atoms with E-state index < -0.39 is 11.6 Å². The summed E-state index contributed by atoms with van der Waals surface area (Å²) in [5, 5.41) is 0. The Bertz CT molecular complexity index is 771. The van der Waals surface area contributed by atoms with Gasteiger partial charge in [0.15, 0.2) is 11.6 Å². The average Bonchev–Trinajstić information content (AvgIpc) is 2.67. The van der Waals surface area contributed by atoms with Crippen molar-refractivity contribution in [3.05, 3.63) is 59.7 Å². The minimum absolute atomic E-state index is 0.0745. The predicted octanol–water partition coefficient (Wildman–Crippen LogP) is 3.98. The molecule has 1 heterocycles. The van der Waals surface area contributed by atoms with E-state index in [0.717, 1.165) is 23.4 Å². The number of nitrogens with zero attached hydrogens (tertiary/aromatic N) is 1. The molecule has 144 valence electrons. The lowest BCUT2D eigenvalue weighted by Crippen LogP contribution is -2.42. The molecule has 0 N–H and O–H groups in total. The van der Waals surface area contributed by atoms with E-state index in [9.17, 15) is 13.6 Å². The Morgan fingerprint density at radius 1 is 1.04 bits per heavy atom. The Hall–Kier alpha value is -2.63. The van der Waals surface area contributed by atoms with E-state index in [0.29, 0.717) is 44.7 Å². The maximum Gasteiger partial charge on any atom is 0.226 e. The monoisotopic (exact) mass is 375 g/mol. The van der Waals surface area contributed by atoms with Gasteiger partial charge in [-0.3, -0.25) is 4.79 Å². The summed E-state index contributed by atoms with van der Waals surface area (Å²) in [5.41, 5.74) is 0.948. The normalized spacial score (nSPS) is 14.9. The highest BCUT2D eigenvalue weighted by molar-refractivity contribution is 5.78. The first-order valence-corrected chi connectivity index (χ1v) is 9.16. The zero-order chi connectivity index (χ0) is 19.2. The number of carbonyl (C=O) groups is 1. The number of ether oxygens (including phenoxy) is 2. The second-order valence-corrected chi connectivity index (χ2v) is 6.53. The van der Waals surface area contributed by atoms with Crippen molar-refractivity contribution < 1.29 is 23.0 Å². The van der Waals surface area contributed by atoms with Crippen LogP contribution in [-0.4, -0.2) is 36.6 Å². The highest BCUT2D eigenvalue weighted by Crippen LogP contribution is 2.22. The highest BCUT2D eigenvalue weighted by atomic mass is 19.2. The number of benzene rings is 2. The lowest BCUT2D eigenvalue weighted by Gasteiger charge is -2.32. The summed E-state index contributed by atoms with van der Waals surface area (Å²) in [4.78, 5) is 14.3. The van der Waals surface area contributed by atoms with Gasteiger partial charge in [0.25, 0.3) is 0 Å². The second kappa shape index (κ2) is 8.84. The summed E-state index contributed by atoms with van der Waals surface area (Å²) >= 11 is 0. The van der Waals surface area contributed by atoms with Crippen molar-refractivity contribution >= 4 is 5.91 Å². The number of piperidine rings is 1. The molecule has 3 rings (SSSR count). The Morgan fingerprint density at radius 3 is 2.33 bits per heavy atom. The maximum absolute atomic E-state index is 13.3. The molecule has 2 aromatic rings. The van der Waals surface area contributed by atoms with Gasteiger partial charge < -0.3 is 14.4 Å². The molecule has 4 nitrogen and oxygen atoms in total. The summed E-state index contributed by atoms with van der Waals surface area (Å²) in [6.45, 7) is 3.71. The lowest BCUT2D eigenvalue weighted by molar-refractivity contribution is -0.132. The van der Waals surface area contributed by atoms with Crippen LogP contribution in [0.5, 0.6) is 11.5 Å². The second-order valence-electron chi connectivity index (χ2n) is 6.53. The van der Waals surface area contributed by atoms with Crippen LogP contribution in [0.3, 0.4) is 0 Å². The first-order valence-electron chi connectivity index (χ1n) is 9.16.